The molecule has 0 saturated heterocycles. The van der Waals surface area contributed by atoms with E-state index in [1.54, 1.807) is 22.7 Å². The van der Waals surface area contributed by atoms with Crippen LogP contribution < -0.4 is 5.32 Å². The molecule has 104 valence electrons. The van der Waals surface area contributed by atoms with E-state index in [2.05, 4.69) is 39.2 Å². The molecule has 0 aromatic carbocycles. The molecule has 7 heteroatoms. The second kappa shape index (κ2) is 6.40. The monoisotopic (exact) mass is 297 g/mol. The molecule has 0 amide bonds. The zero-order valence-electron chi connectivity index (χ0n) is 11.7. The zero-order valence-corrected chi connectivity index (χ0v) is 13.3. The standard InChI is InChI=1S/C12H19N5S2/c1-5-8(2)14-12-16-15-11(19-12)9-6-13-10(18-9)7-17(3)4/h6,8H,5,7H2,1-4H3,(H,14,16). The molecule has 19 heavy (non-hydrogen) atoms. The predicted molar refractivity (Wildman–Crippen MR) is 81.8 cm³/mol. The number of nitrogens with zero attached hydrogens (tertiary/aromatic N) is 4. The lowest BCUT2D eigenvalue weighted by molar-refractivity contribution is 0.401. The molecule has 0 spiro atoms. The van der Waals surface area contributed by atoms with E-state index in [4.69, 9.17) is 0 Å². The summed E-state index contributed by atoms with van der Waals surface area (Å²) in [7, 11) is 4.08. The predicted octanol–water partition coefficient (Wildman–Crippen LogP) is 2.93. The second-order valence-electron chi connectivity index (χ2n) is 4.72. The summed E-state index contributed by atoms with van der Waals surface area (Å²) < 4.78 is 0. The van der Waals surface area contributed by atoms with Gasteiger partial charge in [-0.05, 0) is 27.4 Å². The van der Waals surface area contributed by atoms with Gasteiger partial charge in [0, 0.05) is 18.8 Å². The van der Waals surface area contributed by atoms with Crippen LogP contribution in [0.1, 0.15) is 25.3 Å². The maximum atomic E-state index is 4.41. The largest absolute Gasteiger partial charge is 0.358 e. The van der Waals surface area contributed by atoms with Crippen molar-refractivity contribution in [2.45, 2.75) is 32.9 Å². The van der Waals surface area contributed by atoms with Gasteiger partial charge in [0.1, 0.15) is 5.01 Å². The van der Waals surface area contributed by atoms with Crippen molar-refractivity contribution < 1.29 is 0 Å². The summed E-state index contributed by atoms with van der Waals surface area (Å²) >= 11 is 3.27. The molecule has 0 aliphatic heterocycles. The highest BCUT2D eigenvalue weighted by Crippen LogP contribution is 2.31. The third-order valence-corrected chi connectivity index (χ3v) is 4.63. The highest BCUT2D eigenvalue weighted by molar-refractivity contribution is 7.23. The summed E-state index contributed by atoms with van der Waals surface area (Å²) in [5.41, 5.74) is 0. The van der Waals surface area contributed by atoms with Crippen LogP contribution in [0.3, 0.4) is 0 Å². The molecule has 2 rings (SSSR count). The molecule has 0 aliphatic rings. The summed E-state index contributed by atoms with van der Waals surface area (Å²) in [6.07, 6.45) is 2.96. The fourth-order valence-corrected chi connectivity index (χ4v) is 3.37. The van der Waals surface area contributed by atoms with E-state index < -0.39 is 0 Å². The van der Waals surface area contributed by atoms with Gasteiger partial charge in [-0.15, -0.1) is 21.5 Å². The number of thiazole rings is 1. The van der Waals surface area contributed by atoms with Crippen LogP contribution in [-0.2, 0) is 6.54 Å². The number of rotatable bonds is 6. The van der Waals surface area contributed by atoms with Crippen molar-refractivity contribution in [2.24, 2.45) is 0 Å². The third kappa shape index (κ3) is 3.95. The van der Waals surface area contributed by atoms with Crippen LogP contribution in [-0.4, -0.2) is 40.2 Å². The molecule has 0 saturated carbocycles. The van der Waals surface area contributed by atoms with Crippen molar-refractivity contribution in [3.05, 3.63) is 11.2 Å². The van der Waals surface area contributed by atoms with E-state index in [0.29, 0.717) is 6.04 Å². The van der Waals surface area contributed by atoms with Crippen molar-refractivity contribution in [1.29, 1.82) is 0 Å². The first-order chi connectivity index (χ1) is 9.08. The van der Waals surface area contributed by atoms with E-state index in [1.807, 2.05) is 20.3 Å². The van der Waals surface area contributed by atoms with Crippen LogP contribution in [0, 0.1) is 0 Å². The number of nitrogens with one attached hydrogen (secondary N) is 1. The maximum absolute atomic E-state index is 4.41. The minimum atomic E-state index is 0.423. The molecule has 2 aromatic heterocycles. The van der Waals surface area contributed by atoms with Gasteiger partial charge >= 0.3 is 0 Å². The van der Waals surface area contributed by atoms with Crippen LogP contribution in [0.25, 0.3) is 9.88 Å². The zero-order chi connectivity index (χ0) is 13.8. The molecule has 2 heterocycles. The first kappa shape index (κ1) is 14.4. The summed E-state index contributed by atoms with van der Waals surface area (Å²) in [4.78, 5) is 7.61. The average molecular weight is 297 g/mol. The van der Waals surface area contributed by atoms with Gasteiger partial charge in [0.25, 0.3) is 0 Å². The fraction of sp³-hybridized carbons (Fsp3) is 0.583. The molecule has 1 N–H and O–H groups in total. The van der Waals surface area contributed by atoms with E-state index in [1.165, 1.54) is 0 Å². The Morgan fingerprint density at radius 3 is 2.79 bits per heavy atom. The van der Waals surface area contributed by atoms with Crippen molar-refractivity contribution in [2.75, 3.05) is 19.4 Å². The minimum Gasteiger partial charge on any atom is -0.358 e. The minimum absolute atomic E-state index is 0.423. The molecule has 2 aromatic rings. The van der Waals surface area contributed by atoms with Crippen LogP contribution >= 0.6 is 22.7 Å². The normalized spacial score (nSPS) is 12.9. The number of hydrogen-bond donors (Lipinski definition) is 1. The van der Waals surface area contributed by atoms with Gasteiger partial charge in [-0.25, -0.2) is 4.98 Å². The second-order valence-corrected chi connectivity index (χ2v) is 6.81. The van der Waals surface area contributed by atoms with E-state index >= 15 is 0 Å². The molecule has 5 nitrogen and oxygen atoms in total. The first-order valence-electron chi connectivity index (χ1n) is 6.28. The van der Waals surface area contributed by atoms with Crippen molar-refractivity contribution in [3.63, 3.8) is 0 Å². The number of aromatic nitrogens is 3. The van der Waals surface area contributed by atoms with Crippen LogP contribution in [0.2, 0.25) is 0 Å². The van der Waals surface area contributed by atoms with Crippen molar-refractivity contribution in [3.8, 4) is 9.88 Å². The lowest BCUT2D eigenvalue weighted by Crippen LogP contribution is -2.12. The Labute approximate surface area is 121 Å². The Hall–Kier alpha value is -1.05. The van der Waals surface area contributed by atoms with Gasteiger partial charge in [0.05, 0.1) is 4.88 Å². The van der Waals surface area contributed by atoms with Gasteiger partial charge in [0.2, 0.25) is 5.13 Å². The van der Waals surface area contributed by atoms with Gasteiger partial charge in [-0.3, -0.25) is 0 Å². The first-order valence-corrected chi connectivity index (χ1v) is 7.91. The van der Waals surface area contributed by atoms with Gasteiger partial charge in [0.15, 0.2) is 5.01 Å². The Bertz CT molecular complexity index is 520. The Kier molecular flexibility index (Phi) is 4.84. The molecule has 0 bridgehead atoms. The SMILES string of the molecule is CCC(C)Nc1nnc(-c2cnc(CN(C)C)s2)s1. The molecular weight excluding hydrogens is 278 g/mol. The lowest BCUT2D eigenvalue weighted by Gasteiger charge is -2.07. The molecule has 1 unspecified atom stereocenters. The van der Waals surface area contributed by atoms with E-state index in [9.17, 15) is 0 Å². The van der Waals surface area contributed by atoms with Gasteiger partial charge in [-0.1, -0.05) is 18.3 Å². The van der Waals surface area contributed by atoms with E-state index in [-0.39, 0.29) is 0 Å². The van der Waals surface area contributed by atoms with Crippen LogP contribution in [0.5, 0.6) is 0 Å². The average Bonchev–Trinajstić information content (AvgIpc) is 2.97. The summed E-state index contributed by atoms with van der Waals surface area (Å²) in [6, 6.07) is 0.423. The van der Waals surface area contributed by atoms with Crippen LogP contribution in [0.15, 0.2) is 6.20 Å². The van der Waals surface area contributed by atoms with Crippen LogP contribution in [0.4, 0.5) is 5.13 Å². The third-order valence-electron chi connectivity index (χ3n) is 2.62. The highest BCUT2D eigenvalue weighted by atomic mass is 32.1. The summed E-state index contributed by atoms with van der Waals surface area (Å²) in [5, 5.41) is 14.7. The summed E-state index contributed by atoms with van der Waals surface area (Å²) in [5.74, 6) is 0. The Balaban J connectivity index is 2.07. The fourth-order valence-electron chi connectivity index (χ4n) is 1.45. The van der Waals surface area contributed by atoms with Crippen molar-refractivity contribution >= 4 is 27.8 Å². The number of anilines is 1. The molecule has 0 fully saturated rings. The number of hydrogen-bond acceptors (Lipinski definition) is 7. The Morgan fingerprint density at radius 1 is 1.32 bits per heavy atom. The quantitative estimate of drug-likeness (QED) is 0.888. The molecule has 0 aliphatic carbocycles. The Morgan fingerprint density at radius 2 is 2.11 bits per heavy atom. The molecular formula is C12H19N5S2. The smallest absolute Gasteiger partial charge is 0.206 e. The highest BCUT2D eigenvalue weighted by Gasteiger charge is 2.11. The molecule has 1 atom stereocenters. The lowest BCUT2D eigenvalue weighted by atomic mass is 10.3. The van der Waals surface area contributed by atoms with Crippen molar-refractivity contribution in [1.82, 2.24) is 20.1 Å². The maximum Gasteiger partial charge on any atom is 0.206 e. The molecule has 0 radical (unpaired) electrons. The topological polar surface area (TPSA) is 53.9 Å². The van der Waals surface area contributed by atoms with Gasteiger partial charge < -0.3 is 10.2 Å². The van der Waals surface area contributed by atoms with E-state index in [0.717, 1.165) is 33.0 Å². The summed E-state index contributed by atoms with van der Waals surface area (Å²) in [6.45, 7) is 5.15. The van der Waals surface area contributed by atoms with Gasteiger partial charge in [-0.2, -0.15) is 0 Å².